The van der Waals surface area contributed by atoms with E-state index in [0.717, 1.165) is 34.6 Å². The molecule has 6 atom stereocenters. The Balaban J connectivity index is 2.56. The molecule has 1 aromatic rings. The number of hydrogen-bond acceptors (Lipinski definition) is 14. The zero-order chi connectivity index (χ0) is 30.0. The first kappa shape index (κ1) is 32.2. The Hall–Kier alpha value is -4.04. The highest BCUT2D eigenvalue weighted by Crippen LogP contribution is 2.36. The summed E-state index contributed by atoms with van der Waals surface area (Å²) in [5.41, 5.74) is 0.579. The lowest BCUT2D eigenvalue weighted by atomic mass is 9.90. The molecule has 1 aliphatic rings. The molecule has 2 rings (SSSR count). The Labute approximate surface area is 229 Å². The van der Waals surface area contributed by atoms with Crippen molar-refractivity contribution in [2.45, 2.75) is 84.0 Å². The number of aliphatic hydroxyl groups is 1. The zero-order valence-corrected chi connectivity index (χ0v) is 22.6. The molecule has 0 radical (unpaired) electrons. The van der Waals surface area contributed by atoms with Gasteiger partial charge in [-0.3, -0.25) is 24.0 Å². The maximum atomic E-state index is 13.1. The second-order valence-electron chi connectivity index (χ2n) is 8.88. The van der Waals surface area contributed by atoms with Gasteiger partial charge in [-0.1, -0.05) is 30.3 Å². The first-order valence-corrected chi connectivity index (χ1v) is 12.2. The lowest BCUT2D eigenvalue weighted by molar-refractivity contribution is -0.318. The van der Waals surface area contributed by atoms with Gasteiger partial charge >= 0.3 is 35.8 Å². The SMILES string of the molecule is CC(=O)OC[C@@H](OC(C)=O)[C@@H](OC(C)=O)[C@@H]1O[C@](O)(C(=O)OCc2ccccc2)C[C@H](OC(C)=O)[C@H]1OC(C)=O. The van der Waals surface area contributed by atoms with Crippen LogP contribution in [0, 0.1) is 0 Å². The van der Waals surface area contributed by atoms with Crippen molar-refractivity contribution in [3.05, 3.63) is 35.9 Å². The number of benzene rings is 1. The van der Waals surface area contributed by atoms with Crippen molar-refractivity contribution in [2.75, 3.05) is 6.61 Å². The van der Waals surface area contributed by atoms with E-state index in [0.29, 0.717) is 5.56 Å². The minimum Gasteiger partial charge on any atom is -0.462 e. The van der Waals surface area contributed by atoms with Crippen LogP contribution in [0.1, 0.15) is 46.6 Å². The summed E-state index contributed by atoms with van der Waals surface area (Å²) in [6, 6.07) is 8.48. The normalized spacial score (nSPS) is 23.5. The number of carbonyl (C=O) groups is 6. The molecular formula is C26H32O14. The molecule has 0 aromatic heterocycles. The fraction of sp³-hybridized carbons (Fsp3) is 0.538. The highest BCUT2D eigenvalue weighted by molar-refractivity contribution is 5.78. The van der Waals surface area contributed by atoms with Gasteiger partial charge in [0.1, 0.15) is 25.4 Å². The Kier molecular flexibility index (Phi) is 11.6. The van der Waals surface area contributed by atoms with Gasteiger partial charge in [0.25, 0.3) is 5.79 Å². The quantitative estimate of drug-likeness (QED) is 0.287. The maximum Gasteiger partial charge on any atom is 0.367 e. The van der Waals surface area contributed by atoms with Crippen LogP contribution in [-0.2, 0) is 68.5 Å². The third-order valence-electron chi connectivity index (χ3n) is 5.41. The van der Waals surface area contributed by atoms with Gasteiger partial charge in [0.2, 0.25) is 0 Å². The summed E-state index contributed by atoms with van der Waals surface area (Å²) >= 11 is 0. The van der Waals surface area contributed by atoms with Crippen LogP contribution in [0.15, 0.2) is 30.3 Å². The van der Waals surface area contributed by atoms with E-state index in [-0.39, 0.29) is 6.61 Å². The smallest absolute Gasteiger partial charge is 0.367 e. The van der Waals surface area contributed by atoms with Crippen LogP contribution in [-0.4, -0.2) is 83.8 Å². The van der Waals surface area contributed by atoms with E-state index < -0.39 is 85.2 Å². The standard InChI is InChI=1S/C26H32O14/c1-14(27)34-13-21(37-16(3)29)23(39-18(5)31)24-22(38-17(4)30)20(36-15(2)28)11-26(33,40-24)25(32)35-12-19-9-7-6-8-10-19/h6-10,20-24,33H,11-13H2,1-5H3/t20-,21+,22+,23+,24+,26-/m0/s1. The molecule has 14 heteroatoms. The fourth-order valence-electron chi connectivity index (χ4n) is 3.97. The largest absolute Gasteiger partial charge is 0.462 e. The molecule has 14 nitrogen and oxygen atoms in total. The van der Waals surface area contributed by atoms with Crippen molar-refractivity contribution >= 4 is 35.8 Å². The van der Waals surface area contributed by atoms with Crippen LogP contribution in [0.25, 0.3) is 0 Å². The Bertz CT molecular complexity index is 1090. The van der Waals surface area contributed by atoms with Gasteiger partial charge in [0, 0.05) is 34.6 Å². The van der Waals surface area contributed by atoms with Gasteiger partial charge in [0.15, 0.2) is 18.3 Å². The minimum atomic E-state index is -2.82. The second kappa shape index (κ2) is 14.4. The van der Waals surface area contributed by atoms with E-state index in [9.17, 15) is 33.9 Å². The molecule has 0 unspecified atom stereocenters. The van der Waals surface area contributed by atoms with Gasteiger partial charge in [-0.05, 0) is 5.56 Å². The molecule has 0 spiro atoms. The van der Waals surface area contributed by atoms with Crippen molar-refractivity contribution in [3.63, 3.8) is 0 Å². The van der Waals surface area contributed by atoms with E-state index in [1.54, 1.807) is 30.3 Å². The predicted octanol–water partition coefficient (Wildman–Crippen LogP) is 0.497. The first-order chi connectivity index (χ1) is 18.7. The number of rotatable bonds is 11. The average Bonchev–Trinajstić information content (AvgIpc) is 2.85. The highest BCUT2D eigenvalue weighted by atomic mass is 16.7. The Morgan fingerprint density at radius 3 is 1.98 bits per heavy atom. The zero-order valence-electron chi connectivity index (χ0n) is 22.6. The predicted molar refractivity (Wildman–Crippen MR) is 130 cm³/mol. The van der Waals surface area contributed by atoms with Crippen LogP contribution in [0.2, 0.25) is 0 Å². The van der Waals surface area contributed by atoms with E-state index in [1.165, 1.54) is 0 Å². The van der Waals surface area contributed by atoms with Gasteiger partial charge in [-0.25, -0.2) is 4.79 Å². The van der Waals surface area contributed by atoms with Gasteiger partial charge in [-0.15, -0.1) is 0 Å². The molecule has 1 N–H and O–H groups in total. The highest BCUT2D eigenvalue weighted by Gasteiger charge is 2.59. The first-order valence-electron chi connectivity index (χ1n) is 12.2. The van der Waals surface area contributed by atoms with Crippen LogP contribution in [0.5, 0.6) is 0 Å². The van der Waals surface area contributed by atoms with Crippen LogP contribution >= 0.6 is 0 Å². The van der Waals surface area contributed by atoms with Crippen LogP contribution in [0.4, 0.5) is 0 Å². The van der Waals surface area contributed by atoms with Crippen molar-refractivity contribution in [1.82, 2.24) is 0 Å². The second-order valence-corrected chi connectivity index (χ2v) is 8.88. The van der Waals surface area contributed by atoms with Crippen molar-refractivity contribution in [1.29, 1.82) is 0 Å². The summed E-state index contributed by atoms with van der Waals surface area (Å²) in [5.74, 6) is -8.49. The molecule has 0 bridgehead atoms. The molecule has 1 fully saturated rings. The number of ether oxygens (including phenoxy) is 7. The van der Waals surface area contributed by atoms with Crippen molar-refractivity contribution in [2.24, 2.45) is 0 Å². The maximum absolute atomic E-state index is 13.1. The Morgan fingerprint density at radius 2 is 1.45 bits per heavy atom. The van der Waals surface area contributed by atoms with Crippen LogP contribution in [0.3, 0.4) is 0 Å². The third kappa shape index (κ3) is 9.61. The van der Waals surface area contributed by atoms with Gasteiger partial charge in [0.05, 0.1) is 6.42 Å². The fourth-order valence-corrected chi connectivity index (χ4v) is 3.97. The number of hydrogen-bond donors (Lipinski definition) is 1. The van der Waals surface area contributed by atoms with Crippen molar-refractivity contribution in [3.8, 4) is 0 Å². The molecule has 1 aromatic carbocycles. The van der Waals surface area contributed by atoms with Gasteiger partial charge < -0.3 is 38.3 Å². The van der Waals surface area contributed by atoms with Gasteiger partial charge in [-0.2, -0.15) is 0 Å². The summed E-state index contributed by atoms with van der Waals surface area (Å²) in [7, 11) is 0. The average molecular weight is 569 g/mol. The van der Waals surface area contributed by atoms with Crippen LogP contribution < -0.4 is 0 Å². The summed E-state index contributed by atoms with van der Waals surface area (Å²) in [6.45, 7) is 4.23. The summed E-state index contributed by atoms with van der Waals surface area (Å²) < 4.78 is 37.0. The van der Waals surface area contributed by atoms with E-state index >= 15 is 0 Å². The number of esters is 6. The van der Waals surface area contributed by atoms with E-state index in [4.69, 9.17) is 33.2 Å². The van der Waals surface area contributed by atoms with E-state index in [2.05, 4.69) is 0 Å². The third-order valence-corrected chi connectivity index (χ3v) is 5.41. The molecule has 1 aliphatic heterocycles. The lowest BCUT2D eigenvalue weighted by Crippen LogP contribution is -2.65. The molecule has 220 valence electrons. The molecule has 1 heterocycles. The molecular weight excluding hydrogens is 536 g/mol. The molecule has 40 heavy (non-hydrogen) atoms. The Morgan fingerprint density at radius 1 is 0.850 bits per heavy atom. The topological polar surface area (TPSA) is 187 Å². The molecule has 0 amide bonds. The summed E-state index contributed by atoms with van der Waals surface area (Å²) in [4.78, 5) is 72.5. The summed E-state index contributed by atoms with van der Waals surface area (Å²) in [6.07, 6.45) is -9.00. The molecule has 0 aliphatic carbocycles. The number of carbonyl (C=O) groups excluding carboxylic acids is 6. The van der Waals surface area contributed by atoms with E-state index in [1.807, 2.05) is 0 Å². The monoisotopic (exact) mass is 568 g/mol. The lowest BCUT2D eigenvalue weighted by Gasteiger charge is -2.46. The minimum absolute atomic E-state index is 0.266. The van der Waals surface area contributed by atoms with Crippen molar-refractivity contribution < 1.29 is 67.0 Å². The molecule has 1 saturated heterocycles. The molecule has 0 saturated carbocycles. The summed E-state index contributed by atoms with van der Waals surface area (Å²) in [5, 5.41) is 11.3.